The Bertz CT molecular complexity index is 406. The molecule has 0 radical (unpaired) electrons. The molecule has 0 bridgehead atoms. The Balaban J connectivity index is 2.76. The van der Waals surface area contributed by atoms with Crippen molar-refractivity contribution in [1.29, 1.82) is 0 Å². The van der Waals surface area contributed by atoms with Gasteiger partial charge in [-0.25, -0.2) is 4.39 Å². The van der Waals surface area contributed by atoms with Crippen molar-refractivity contribution in [3.8, 4) is 0 Å². The van der Waals surface area contributed by atoms with Gasteiger partial charge in [-0.15, -0.1) is 6.58 Å². The van der Waals surface area contributed by atoms with Crippen molar-refractivity contribution in [2.45, 2.75) is 18.9 Å². The van der Waals surface area contributed by atoms with Crippen molar-refractivity contribution in [3.05, 3.63) is 46.7 Å². The summed E-state index contributed by atoms with van der Waals surface area (Å²) in [7, 11) is 0. The largest absolute Gasteiger partial charge is 0.321 e. The third-order valence-electron chi connectivity index (χ3n) is 2.21. The number of benzene rings is 1. The number of carbonyl (C=O) groups excluding carboxylic acids is 1. The summed E-state index contributed by atoms with van der Waals surface area (Å²) in [6.45, 7) is 3.51. The van der Waals surface area contributed by atoms with E-state index in [9.17, 15) is 9.18 Å². The van der Waals surface area contributed by atoms with E-state index in [0.717, 1.165) is 4.47 Å². The van der Waals surface area contributed by atoms with Gasteiger partial charge in [0.05, 0.1) is 6.04 Å². The highest BCUT2D eigenvalue weighted by molar-refractivity contribution is 9.10. The molecule has 0 heterocycles. The van der Waals surface area contributed by atoms with Gasteiger partial charge in [0.2, 0.25) is 0 Å². The molecule has 0 saturated heterocycles. The maximum atomic E-state index is 13.3. The van der Waals surface area contributed by atoms with E-state index in [1.165, 1.54) is 6.07 Å². The molecule has 0 aliphatic heterocycles. The number of hydrogen-bond donors (Lipinski definition) is 1. The summed E-state index contributed by atoms with van der Waals surface area (Å²) in [5, 5.41) is 0. The van der Waals surface area contributed by atoms with E-state index in [4.69, 9.17) is 5.73 Å². The maximum Gasteiger partial charge on any atom is 0.154 e. The second kappa shape index (κ2) is 5.92. The molecule has 4 heteroatoms. The van der Waals surface area contributed by atoms with Gasteiger partial charge in [-0.1, -0.05) is 22.0 Å². The van der Waals surface area contributed by atoms with Gasteiger partial charge in [0.15, 0.2) is 5.78 Å². The molecule has 1 rings (SSSR count). The van der Waals surface area contributed by atoms with Gasteiger partial charge in [-0.2, -0.15) is 0 Å². The van der Waals surface area contributed by atoms with Crippen LogP contribution in [0.4, 0.5) is 4.39 Å². The van der Waals surface area contributed by atoms with Crippen molar-refractivity contribution in [1.82, 2.24) is 0 Å². The highest BCUT2D eigenvalue weighted by atomic mass is 79.9. The zero-order valence-corrected chi connectivity index (χ0v) is 10.3. The fourth-order valence-corrected chi connectivity index (χ4v) is 1.72. The number of Topliss-reactive ketones (excluding diaryl/α,β-unsaturated/α-hetero) is 1. The second-order valence-electron chi connectivity index (χ2n) is 3.51. The molecular formula is C12H13BrFNO. The minimum absolute atomic E-state index is 0.0142. The highest BCUT2D eigenvalue weighted by Gasteiger charge is 2.14. The summed E-state index contributed by atoms with van der Waals surface area (Å²) in [6.07, 6.45) is 2.01. The summed E-state index contributed by atoms with van der Waals surface area (Å²) >= 11 is 3.23. The van der Waals surface area contributed by atoms with E-state index in [1.54, 1.807) is 18.2 Å². The SMILES string of the molecule is C=CCC(N)C(=O)Cc1cc(Br)ccc1F. The number of carbonyl (C=O) groups is 1. The van der Waals surface area contributed by atoms with Crippen LogP contribution in [0.15, 0.2) is 35.3 Å². The van der Waals surface area contributed by atoms with E-state index >= 15 is 0 Å². The standard InChI is InChI=1S/C12H13BrFNO/c1-2-3-11(15)12(16)7-8-6-9(13)4-5-10(8)14/h2,4-6,11H,1,3,7,15H2. The van der Waals surface area contributed by atoms with Crippen molar-refractivity contribution < 1.29 is 9.18 Å². The van der Waals surface area contributed by atoms with E-state index in [2.05, 4.69) is 22.5 Å². The molecule has 0 spiro atoms. The van der Waals surface area contributed by atoms with Gasteiger partial charge in [-0.05, 0) is 30.2 Å². The molecule has 0 aliphatic rings. The smallest absolute Gasteiger partial charge is 0.154 e. The van der Waals surface area contributed by atoms with Crippen LogP contribution in [0.5, 0.6) is 0 Å². The molecule has 0 amide bonds. The first-order valence-corrected chi connectivity index (χ1v) is 5.67. The predicted molar refractivity (Wildman–Crippen MR) is 65.6 cm³/mol. The van der Waals surface area contributed by atoms with Gasteiger partial charge in [0.1, 0.15) is 5.82 Å². The van der Waals surface area contributed by atoms with E-state index in [1.807, 2.05) is 0 Å². The number of ketones is 1. The average molecular weight is 286 g/mol. The Kier molecular flexibility index (Phi) is 4.83. The Hall–Kier alpha value is -1.00. The number of rotatable bonds is 5. The van der Waals surface area contributed by atoms with Crippen molar-refractivity contribution >= 4 is 21.7 Å². The summed E-state index contributed by atoms with van der Waals surface area (Å²) in [6, 6.07) is 3.91. The number of nitrogens with two attached hydrogens (primary N) is 1. The van der Waals surface area contributed by atoms with Crippen LogP contribution in [0.2, 0.25) is 0 Å². The minimum atomic E-state index is -0.601. The predicted octanol–water partition coefficient (Wildman–Crippen LogP) is 2.60. The Morgan fingerprint density at radius 2 is 2.31 bits per heavy atom. The molecule has 2 N–H and O–H groups in total. The van der Waals surface area contributed by atoms with E-state index in [-0.39, 0.29) is 18.0 Å². The summed E-state index contributed by atoms with van der Waals surface area (Å²) in [5.74, 6) is -0.570. The van der Waals surface area contributed by atoms with Crippen LogP contribution < -0.4 is 5.73 Å². The van der Waals surface area contributed by atoms with Crippen LogP contribution in [0, 0.1) is 5.82 Å². The van der Waals surface area contributed by atoms with Crippen molar-refractivity contribution in [3.63, 3.8) is 0 Å². The zero-order chi connectivity index (χ0) is 12.1. The van der Waals surface area contributed by atoms with Gasteiger partial charge >= 0.3 is 0 Å². The number of halogens is 2. The molecule has 86 valence electrons. The highest BCUT2D eigenvalue weighted by Crippen LogP contribution is 2.16. The van der Waals surface area contributed by atoms with Crippen LogP contribution in [0.25, 0.3) is 0 Å². The topological polar surface area (TPSA) is 43.1 Å². The zero-order valence-electron chi connectivity index (χ0n) is 8.75. The fourth-order valence-electron chi connectivity index (χ4n) is 1.31. The molecule has 16 heavy (non-hydrogen) atoms. The third-order valence-corrected chi connectivity index (χ3v) is 2.70. The molecule has 0 fully saturated rings. The minimum Gasteiger partial charge on any atom is -0.321 e. The van der Waals surface area contributed by atoms with Crippen LogP contribution in [0.1, 0.15) is 12.0 Å². The molecule has 2 nitrogen and oxygen atoms in total. The van der Waals surface area contributed by atoms with Crippen LogP contribution in [0.3, 0.4) is 0 Å². The first-order chi connectivity index (χ1) is 7.54. The lowest BCUT2D eigenvalue weighted by atomic mass is 10.0. The molecule has 1 atom stereocenters. The number of hydrogen-bond acceptors (Lipinski definition) is 2. The van der Waals surface area contributed by atoms with Crippen molar-refractivity contribution in [2.24, 2.45) is 5.73 Å². The maximum absolute atomic E-state index is 13.3. The van der Waals surface area contributed by atoms with Gasteiger partial charge in [0, 0.05) is 10.9 Å². The normalized spacial score (nSPS) is 12.2. The van der Waals surface area contributed by atoms with Crippen LogP contribution in [-0.2, 0) is 11.2 Å². The lowest BCUT2D eigenvalue weighted by Gasteiger charge is -2.08. The average Bonchev–Trinajstić information content (AvgIpc) is 2.23. The fraction of sp³-hybridized carbons (Fsp3) is 0.250. The van der Waals surface area contributed by atoms with Crippen molar-refractivity contribution in [2.75, 3.05) is 0 Å². The molecule has 0 saturated carbocycles. The second-order valence-corrected chi connectivity index (χ2v) is 4.43. The molecule has 1 aromatic rings. The molecule has 1 aromatic carbocycles. The summed E-state index contributed by atoms with van der Waals surface area (Å²) < 4.78 is 14.1. The molecule has 1 unspecified atom stereocenters. The first kappa shape index (κ1) is 13.1. The van der Waals surface area contributed by atoms with Gasteiger partial charge in [-0.3, -0.25) is 4.79 Å². The van der Waals surface area contributed by atoms with Gasteiger partial charge in [0.25, 0.3) is 0 Å². The first-order valence-electron chi connectivity index (χ1n) is 4.87. The van der Waals surface area contributed by atoms with Crippen LogP contribution in [-0.4, -0.2) is 11.8 Å². The molecular weight excluding hydrogens is 273 g/mol. The quantitative estimate of drug-likeness (QED) is 0.845. The van der Waals surface area contributed by atoms with Gasteiger partial charge < -0.3 is 5.73 Å². The Labute approximate surface area is 102 Å². The molecule has 0 aliphatic carbocycles. The lowest BCUT2D eigenvalue weighted by molar-refractivity contribution is -0.119. The monoisotopic (exact) mass is 285 g/mol. The lowest BCUT2D eigenvalue weighted by Crippen LogP contribution is -2.31. The van der Waals surface area contributed by atoms with Crippen LogP contribution >= 0.6 is 15.9 Å². The third kappa shape index (κ3) is 3.54. The summed E-state index contributed by atoms with van der Waals surface area (Å²) in [5.41, 5.74) is 5.97. The molecule has 0 aromatic heterocycles. The summed E-state index contributed by atoms with van der Waals surface area (Å²) in [4.78, 5) is 11.6. The Morgan fingerprint density at radius 3 is 2.94 bits per heavy atom. The van der Waals surface area contributed by atoms with E-state index < -0.39 is 6.04 Å². The van der Waals surface area contributed by atoms with E-state index in [0.29, 0.717) is 12.0 Å². The Morgan fingerprint density at radius 1 is 1.62 bits per heavy atom.